The molecule has 0 unspecified atom stereocenters. The van der Waals surface area contributed by atoms with Crippen molar-refractivity contribution in [3.05, 3.63) is 23.8 Å². The van der Waals surface area contributed by atoms with E-state index in [9.17, 15) is 4.79 Å². The van der Waals surface area contributed by atoms with Crippen molar-refractivity contribution in [1.82, 2.24) is 4.90 Å². The van der Waals surface area contributed by atoms with Crippen LogP contribution in [0.5, 0.6) is 0 Å². The number of anilines is 2. The molecule has 0 atom stereocenters. The van der Waals surface area contributed by atoms with Crippen molar-refractivity contribution < 1.29 is 4.79 Å². The van der Waals surface area contributed by atoms with E-state index < -0.39 is 0 Å². The van der Waals surface area contributed by atoms with Crippen LogP contribution in [-0.2, 0) is 4.79 Å². The molecule has 1 aliphatic rings. The number of nitrogens with zero attached hydrogens (tertiary/aromatic N) is 1. The Kier molecular flexibility index (Phi) is 5.01. The summed E-state index contributed by atoms with van der Waals surface area (Å²) in [6.07, 6.45) is 3.96. The highest BCUT2D eigenvalue weighted by molar-refractivity contribution is 5.95. The number of amides is 1. The molecule has 1 saturated carbocycles. The Morgan fingerprint density at radius 1 is 1.45 bits per heavy atom. The quantitative estimate of drug-likeness (QED) is 0.785. The van der Waals surface area contributed by atoms with Gasteiger partial charge in [-0.3, -0.25) is 9.69 Å². The van der Waals surface area contributed by atoms with E-state index in [1.165, 1.54) is 19.3 Å². The Hall–Kier alpha value is -1.55. The number of nitrogens with one attached hydrogen (secondary N) is 1. The maximum atomic E-state index is 12.1. The first-order valence-electron chi connectivity index (χ1n) is 7.46. The molecule has 3 N–H and O–H groups in total. The molecule has 110 valence electrons. The zero-order valence-corrected chi connectivity index (χ0v) is 12.5. The van der Waals surface area contributed by atoms with Gasteiger partial charge in [-0.2, -0.15) is 0 Å². The first-order chi connectivity index (χ1) is 9.58. The molecule has 1 aromatic carbocycles. The predicted octanol–water partition coefficient (Wildman–Crippen LogP) is 2.64. The van der Waals surface area contributed by atoms with Gasteiger partial charge in [0.1, 0.15) is 0 Å². The van der Waals surface area contributed by atoms with Crippen molar-refractivity contribution in [2.24, 2.45) is 5.92 Å². The van der Waals surface area contributed by atoms with Crippen LogP contribution >= 0.6 is 0 Å². The van der Waals surface area contributed by atoms with Crippen LogP contribution in [-0.4, -0.2) is 30.4 Å². The van der Waals surface area contributed by atoms with Crippen LogP contribution in [0.2, 0.25) is 0 Å². The molecule has 0 aromatic heterocycles. The van der Waals surface area contributed by atoms with Gasteiger partial charge in [0.05, 0.1) is 17.9 Å². The summed E-state index contributed by atoms with van der Waals surface area (Å²) in [4.78, 5) is 14.3. The van der Waals surface area contributed by atoms with Gasteiger partial charge in [0.15, 0.2) is 0 Å². The fourth-order valence-electron chi connectivity index (χ4n) is 2.53. The number of carbonyl (C=O) groups is 1. The maximum absolute atomic E-state index is 12.1. The average Bonchev–Trinajstić information content (AvgIpc) is 2.35. The normalized spacial score (nSPS) is 15.2. The first-order valence-corrected chi connectivity index (χ1v) is 7.46. The van der Waals surface area contributed by atoms with Gasteiger partial charge in [0, 0.05) is 6.54 Å². The number of hydrogen-bond donors (Lipinski definition) is 2. The molecule has 1 amide bonds. The minimum absolute atomic E-state index is 0.0155. The van der Waals surface area contributed by atoms with Gasteiger partial charge in [0.25, 0.3) is 0 Å². The van der Waals surface area contributed by atoms with Gasteiger partial charge in [-0.25, -0.2) is 0 Å². The smallest absolute Gasteiger partial charge is 0.238 e. The fraction of sp³-hybridized carbons (Fsp3) is 0.562. The highest BCUT2D eigenvalue weighted by Gasteiger charge is 2.21. The molecular weight excluding hydrogens is 250 g/mol. The molecule has 1 aliphatic carbocycles. The van der Waals surface area contributed by atoms with Crippen molar-refractivity contribution in [3.8, 4) is 0 Å². The summed E-state index contributed by atoms with van der Waals surface area (Å²) < 4.78 is 0. The second kappa shape index (κ2) is 6.75. The Labute approximate surface area is 121 Å². The molecule has 0 saturated heterocycles. The van der Waals surface area contributed by atoms with Crippen LogP contribution in [0, 0.1) is 12.8 Å². The van der Waals surface area contributed by atoms with E-state index in [-0.39, 0.29) is 5.91 Å². The van der Waals surface area contributed by atoms with E-state index in [2.05, 4.69) is 17.1 Å². The topological polar surface area (TPSA) is 58.4 Å². The van der Waals surface area contributed by atoms with E-state index in [0.29, 0.717) is 17.9 Å². The maximum Gasteiger partial charge on any atom is 0.238 e. The molecule has 0 radical (unpaired) electrons. The Bertz CT molecular complexity index is 469. The summed E-state index contributed by atoms with van der Waals surface area (Å²) in [6, 6.07) is 5.70. The molecular formula is C16H25N3O. The summed E-state index contributed by atoms with van der Waals surface area (Å²) >= 11 is 0. The molecule has 1 aromatic rings. The molecule has 0 bridgehead atoms. The largest absolute Gasteiger partial charge is 0.397 e. The Morgan fingerprint density at radius 2 is 2.20 bits per heavy atom. The van der Waals surface area contributed by atoms with Crippen LogP contribution in [0.25, 0.3) is 0 Å². The summed E-state index contributed by atoms with van der Waals surface area (Å²) in [7, 11) is 0. The number of hydrogen-bond acceptors (Lipinski definition) is 3. The fourth-order valence-corrected chi connectivity index (χ4v) is 2.53. The van der Waals surface area contributed by atoms with Gasteiger partial charge in [-0.15, -0.1) is 0 Å². The molecule has 1 fully saturated rings. The Morgan fingerprint density at radius 3 is 2.75 bits per heavy atom. The zero-order valence-electron chi connectivity index (χ0n) is 12.5. The molecule has 20 heavy (non-hydrogen) atoms. The number of benzene rings is 1. The van der Waals surface area contributed by atoms with E-state index >= 15 is 0 Å². The van der Waals surface area contributed by atoms with Crippen LogP contribution in [0.15, 0.2) is 18.2 Å². The van der Waals surface area contributed by atoms with Crippen LogP contribution < -0.4 is 11.1 Å². The molecule has 4 nitrogen and oxygen atoms in total. The van der Waals surface area contributed by atoms with E-state index in [4.69, 9.17) is 5.73 Å². The van der Waals surface area contributed by atoms with Gasteiger partial charge in [-0.05, 0) is 49.9 Å². The third kappa shape index (κ3) is 3.97. The van der Waals surface area contributed by atoms with Crippen LogP contribution in [0.3, 0.4) is 0 Å². The molecule has 2 rings (SSSR count). The summed E-state index contributed by atoms with van der Waals surface area (Å²) in [5, 5.41) is 2.91. The zero-order chi connectivity index (χ0) is 14.5. The SMILES string of the molecule is CCN(CC(=O)Nc1ccc(C)cc1N)CC1CCC1. The molecule has 4 heteroatoms. The third-order valence-electron chi connectivity index (χ3n) is 4.04. The predicted molar refractivity (Wildman–Crippen MR) is 83.7 cm³/mol. The highest BCUT2D eigenvalue weighted by Crippen LogP contribution is 2.27. The number of likely N-dealkylation sites (N-methyl/N-ethyl adjacent to an activating group) is 1. The second-order valence-electron chi connectivity index (χ2n) is 5.76. The summed E-state index contributed by atoms with van der Waals surface area (Å²) in [5.74, 6) is 0.800. The molecule has 0 aliphatic heterocycles. The number of carbonyl (C=O) groups excluding carboxylic acids is 1. The number of nitrogens with two attached hydrogens (primary N) is 1. The summed E-state index contributed by atoms with van der Waals surface area (Å²) in [5.41, 5.74) is 8.35. The minimum Gasteiger partial charge on any atom is -0.397 e. The third-order valence-corrected chi connectivity index (χ3v) is 4.04. The van der Waals surface area contributed by atoms with Gasteiger partial charge in [-0.1, -0.05) is 19.4 Å². The highest BCUT2D eigenvalue weighted by atomic mass is 16.2. The lowest BCUT2D eigenvalue weighted by atomic mass is 9.85. The van der Waals surface area contributed by atoms with Crippen molar-refractivity contribution in [2.75, 3.05) is 30.7 Å². The lowest BCUT2D eigenvalue weighted by Crippen LogP contribution is -2.38. The standard InChI is InChI=1S/C16H25N3O/c1-3-19(10-13-5-4-6-13)11-16(20)18-15-8-7-12(2)9-14(15)17/h7-9,13H,3-6,10-11,17H2,1-2H3,(H,18,20). The summed E-state index contributed by atoms with van der Waals surface area (Å²) in [6.45, 7) is 6.48. The van der Waals surface area contributed by atoms with E-state index in [1.807, 2.05) is 25.1 Å². The van der Waals surface area contributed by atoms with Crippen LogP contribution in [0.4, 0.5) is 11.4 Å². The van der Waals surface area contributed by atoms with Gasteiger partial charge >= 0.3 is 0 Å². The molecule has 0 heterocycles. The van der Waals surface area contributed by atoms with Gasteiger partial charge in [0.2, 0.25) is 5.91 Å². The average molecular weight is 275 g/mol. The Balaban J connectivity index is 1.86. The van der Waals surface area contributed by atoms with E-state index in [1.54, 1.807) is 0 Å². The van der Waals surface area contributed by atoms with E-state index in [0.717, 1.165) is 24.6 Å². The van der Waals surface area contributed by atoms with Crippen molar-refractivity contribution in [3.63, 3.8) is 0 Å². The number of rotatable bonds is 6. The number of aryl methyl sites for hydroxylation is 1. The number of nitrogen functional groups attached to an aromatic ring is 1. The van der Waals surface area contributed by atoms with Crippen molar-refractivity contribution in [1.29, 1.82) is 0 Å². The lowest BCUT2D eigenvalue weighted by molar-refractivity contribution is -0.117. The lowest BCUT2D eigenvalue weighted by Gasteiger charge is -2.31. The minimum atomic E-state index is 0.0155. The van der Waals surface area contributed by atoms with Crippen molar-refractivity contribution in [2.45, 2.75) is 33.1 Å². The monoisotopic (exact) mass is 275 g/mol. The second-order valence-corrected chi connectivity index (χ2v) is 5.76. The van der Waals surface area contributed by atoms with Crippen molar-refractivity contribution >= 4 is 17.3 Å². The van der Waals surface area contributed by atoms with Crippen LogP contribution in [0.1, 0.15) is 31.7 Å². The first kappa shape index (κ1) is 14.9. The molecule has 0 spiro atoms. The van der Waals surface area contributed by atoms with Gasteiger partial charge < -0.3 is 11.1 Å².